The molecule has 1 aromatic carbocycles. The molecule has 0 unspecified atom stereocenters. The fourth-order valence-corrected chi connectivity index (χ4v) is 2.49. The van der Waals surface area contributed by atoms with Gasteiger partial charge in [-0.3, -0.25) is 9.78 Å². The molecule has 3 rings (SSSR count). The van der Waals surface area contributed by atoms with Gasteiger partial charge in [0.15, 0.2) is 0 Å². The molecule has 2 aromatic rings. The number of nitrogens with one attached hydrogen (secondary N) is 2. The Kier molecular flexibility index (Phi) is 3.14. The van der Waals surface area contributed by atoms with E-state index in [0.29, 0.717) is 0 Å². The lowest BCUT2D eigenvalue weighted by Gasteiger charge is -2.13. The number of aryl methyl sites for hydroxylation is 2. The van der Waals surface area contributed by atoms with Crippen LogP contribution in [0.2, 0.25) is 0 Å². The molecule has 1 aliphatic heterocycles. The number of fused-ring (bicyclic) bond motifs is 1. The molecule has 0 saturated heterocycles. The minimum Gasteiger partial charge on any atom is -0.373 e. The van der Waals surface area contributed by atoms with Crippen molar-refractivity contribution in [3.05, 3.63) is 53.3 Å². The van der Waals surface area contributed by atoms with Gasteiger partial charge in [-0.1, -0.05) is 18.2 Å². The summed E-state index contributed by atoms with van der Waals surface area (Å²) in [6.45, 7) is 3.84. The number of hydrogen-bond acceptors (Lipinski definition) is 3. The molecule has 1 amide bonds. The van der Waals surface area contributed by atoms with Crippen molar-refractivity contribution in [3.63, 3.8) is 0 Å². The predicted molar refractivity (Wildman–Crippen MR) is 79.9 cm³/mol. The van der Waals surface area contributed by atoms with Crippen molar-refractivity contribution in [2.45, 2.75) is 26.3 Å². The first-order chi connectivity index (χ1) is 9.63. The van der Waals surface area contributed by atoms with E-state index >= 15 is 0 Å². The Morgan fingerprint density at radius 1 is 1.25 bits per heavy atom. The summed E-state index contributed by atoms with van der Waals surface area (Å²) in [6, 6.07) is 11.6. The number of para-hydroxylation sites is 1. The number of carbonyl (C=O) groups excluding carboxylic acids is 1. The van der Waals surface area contributed by atoms with Gasteiger partial charge in [0.1, 0.15) is 6.04 Å². The Labute approximate surface area is 118 Å². The van der Waals surface area contributed by atoms with Gasteiger partial charge in [-0.25, -0.2) is 0 Å². The highest BCUT2D eigenvalue weighted by Gasteiger charge is 2.26. The highest BCUT2D eigenvalue weighted by Crippen LogP contribution is 2.26. The Morgan fingerprint density at radius 2 is 2.05 bits per heavy atom. The second kappa shape index (κ2) is 4.96. The van der Waals surface area contributed by atoms with Crippen LogP contribution in [-0.2, 0) is 11.2 Å². The number of nitrogens with zero attached hydrogens (tertiary/aromatic N) is 1. The van der Waals surface area contributed by atoms with Gasteiger partial charge in [0.05, 0.1) is 11.4 Å². The number of rotatable bonds is 2. The van der Waals surface area contributed by atoms with Crippen LogP contribution in [0.5, 0.6) is 0 Å². The molecule has 4 heteroatoms. The Bertz CT molecular complexity index is 642. The molecule has 1 atom stereocenters. The number of carbonyl (C=O) groups is 1. The standard InChI is InChI=1S/C16H17N3O/c1-10-7-8-13(11(2)17-10)19-16(20)15-9-12-5-3-4-6-14(12)18-15/h3-8,15,18H,9H2,1-2H3,(H,19,20)/t15-/m0/s1. The van der Waals surface area contributed by atoms with Crippen LogP contribution in [0.25, 0.3) is 0 Å². The average Bonchev–Trinajstić information content (AvgIpc) is 2.86. The smallest absolute Gasteiger partial charge is 0.247 e. The van der Waals surface area contributed by atoms with Crippen molar-refractivity contribution in [2.24, 2.45) is 0 Å². The zero-order valence-electron chi connectivity index (χ0n) is 11.6. The lowest BCUT2D eigenvalue weighted by molar-refractivity contribution is -0.116. The minimum atomic E-state index is -0.215. The molecule has 1 aromatic heterocycles. The van der Waals surface area contributed by atoms with Gasteiger partial charge < -0.3 is 10.6 Å². The van der Waals surface area contributed by atoms with Gasteiger partial charge in [0.2, 0.25) is 5.91 Å². The zero-order chi connectivity index (χ0) is 14.1. The van der Waals surface area contributed by atoms with Crippen LogP contribution >= 0.6 is 0 Å². The van der Waals surface area contributed by atoms with E-state index < -0.39 is 0 Å². The molecule has 0 spiro atoms. The summed E-state index contributed by atoms with van der Waals surface area (Å²) in [7, 11) is 0. The molecule has 0 bridgehead atoms. The van der Waals surface area contributed by atoms with Gasteiger partial charge >= 0.3 is 0 Å². The number of pyridine rings is 1. The quantitative estimate of drug-likeness (QED) is 0.879. The van der Waals surface area contributed by atoms with E-state index in [-0.39, 0.29) is 11.9 Å². The molecule has 2 heterocycles. The first-order valence-corrected chi connectivity index (χ1v) is 6.73. The van der Waals surface area contributed by atoms with Crippen molar-refractivity contribution in [1.29, 1.82) is 0 Å². The highest BCUT2D eigenvalue weighted by molar-refractivity contribution is 5.98. The number of hydrogen-bond donors (Lipinski definition) is 2. The fraction of sp³-hybridized carbons (Fsp3) is 0.250. The van der Waals surface area contributed by atoms with Crippen LogP contribution in [0.4, 0.5) is 11.4 Å². The second-order valence-corrected chi connectivity index (χ2v) is 5.13. The summed E-state index contributed by atoms with van der Waals surface area (Å²) in [6.07, 6.45) is 0.723. The predicted octanol–water partition coefficient (Wildman–Crippen LogP) is 2.67. The summed E-state index contributed by atoms with van der Waals surface area (Å²) < 4.78 is 0. The number of amides is 1. The maximum Gasteiger partial charge on any atom is 0.247 e. The topological polar surface area (TPSA) is 54.0 Å². The maximum atomic E-state index is 12.3. The number of anilines is 2. The third kappa shape index (κ3) is 2.37. The third-order valence-corrected chi connectivity index (χ3v) is 3.57. The molecule has 0 fully saturated rings. The van der Waals surface area contributed by atoms with Gasteiger partial charge in [-0.15, -0.1) is 0 Å². The average molecular weight is 267 g/mol. The van der Waals surface area contributed by atoms with Crippen molar-refractivity contribution in [1.82, 2.24) is 4.98 Å². The van der Waals surface area contributed by atoms with Crippen LogP contribution in [0, 0.1) is 13.8 Å². The van der Waals surface area contributed by atoms with E-state index in [0.717, 1.165) is 29.2 Å². The molecule has 102 valence electrons. The normalized spacial score (nSPS) is 16.4. The summed E-state index contributed by atoms with van der Waals surface area (Å²) in [5.74, 6) is -0.0186. The maximum absolute atomic E-state index is 12.3. The molecule has 4 nitrogen and oxygen atoms in total. The van der Waals surface area contributed by atoms with E-state index in [9.17, 15) is 4.79 Å². The molecule has 2 N–H and O–H groups in total. The van der Waals surface area contributed by atoms with Crippen molar-refractivity contribution >= 4 is 17.3 Å². The van der Waals surface area contributed by atoms with E-state index in [1.165, 1.54) is 5.56 Å². The SMILES string of the molecule is Cc1ccc(NC(=O)[C@@H]2Cc3ccccc3N2)c(C)n1. The molecule has 0 aliphatic carbocycles. The largest absolute Gasteiger partial charge is 0.373 e. The van der Waals surface area contributed by atoms with E-state index in [4.69, 9.17) is 0 Å². The lowest BCUT2D eigenvalue weighted by atomic mass is 10.1. The third-order valence-electron chi connectivity index (χ3n) is 3.57. The summed E-state index contributed by atoms with van der Waals surface area (Å²) in [5, 5.41) is 6.20. The van der Waals surface area contributed by atoms with Crippen LogP contribution < -0.4 is 10.6 Å². The zero-order valence-corrected chi connectivity index (χ0v) is 11.6. The number of aromatic nitrogens is 1. The summed E-state index contributed by atoms with van der Waals surface area (Å²) in [5.41, 5.74) is 4.80. The number of benzene rings is 1. The van der Waals surface area contributed by atoms with Crippen molar-refractivity contribution in [3.8, 4) is 0 Å². The van der Waals surface area contributed by atoms with E-state index in [2.05, 4.69) is 15.6 Å². The van der Waals surface area contributed by atoms with Gasteiger partial charge in [0, 0.05) is 17.8 Å². The van der Waals surface area contributed by atoms with Crippen LogP contribution in [-0.4, -0.2) is 16.9 Å². The first kappa shape index (κ1) is 12.7. The molecular weight excluding hydrogens is 250 g/mol. The van der Waals surface area contributed by atoms with Crippen LogP contribution in [0.1, 0.15) is 17.0 Å². The summed E-state index contributed by atoms with van der Waals surface area (Å²) >= 11 is 0. The molecule has 20 heavy (non-hydrogen) atoms. The second-order valence-electron chi connectivity index (χ2n) is 5.13. The molecule has 1 aliphatic rings. The van der Waals surface area contributed by atoms with Crippen molar-refractivity contribution < 1.29 is 4.79 Å². The van der Waals surface area contributed by atoms with Crippen LogP contribution in [0.15, 0.2) is 36.4 Å². The van der Waals surface area contributed by atoms with Gasteiger partial charge in [0.25, 0.3) is 0 Å². The molecule has 0 saturated carbocycles. The Hall–Kier alpha value is -2.36. The van der Waals surface area contributed by atoms with Crippen LogP contribution in [0.3, 0.4) is 0 Å². The van der Waals surface area contributed by atoms with Gasteiger partial charge in [-0.05, 0) is 37.6 Å². The van der Waals surface area contributed by atoms with Gasteiger partial charge in [-0.2, -0.15) is 0 Å². The Balaban J connectivity index is 1.72. The molecule has 0 radical (unpaired) electrons. The summed E-state index contributed by atoms with van der Waals surface area (Å²) in [4.78, 5) is 16.7. The lowest BCUT2D eigenvalue weighted by Crippen LogP contribution is -2.33. The first-order valence-electron chi connectivity index (χ1n) is 6.73. The minimum absolute atomic E-state index is 0.0186. The fourth-order valence-electron chi connectivity index (χ4n) is 2.49. The Morgan fingerprint density at radius 3 is 2.80 bits per heavy atom. The van der Waals surface area contributed by atoms with E-state index in [1.54, 1.807) is 0 Å². The van der Waals surface area contributed by atoms with Crippen molar-refractivity contribution in [2.75, 3.05) is 10.6 Å². The highest BCUT2D eigenvalue weighted by atomic mass is 16.2. The van der Waals surface area contributed by atoms with E-state index in [1.807, 2.05) is 50.2 Å². The molecular formula is C16H17N3O. The monoisotopic (exact) mass is 267 g/mol.